The Morgan fingerprint density at radius 2 is 1.49 bits per heavy atom. The summed E-state index contributed by atoms with van der Waals surface area (Å²) in [7, 11) is 0. The number of aliphatic hydroxyl groups is 5. The fourth-order valence-electron chi connectivity index (χ4n) is 6.85. The zero-order valence-electron chi connectivity index (χ0n) is 23.3. The lowest BCUT2D eigenvalue weighted by molar-refractivity contribution is -0.249. The summed E-state index contributed by atoms with van der Waals surface area (Å²) < 4.78 is 24.4. The molecule has 0 aromatic carbocycles. The van der Waals surface area contributed by atoms with Crippen LogP contribution >= 0.6 is 0 Å². The third kappa shape index (κ3) is 6.73. The van der Waals surface area contributed by atoms with Gasteiger partial charge in [0.25, 0.3) is 0 Å². The first-order chi connectivity index (χ1) is 19.4. The number of hydrogen-bond donors (Lipinski definition) is 12. The van der Waals surface area contributed by atoms with Gasteiger partial charge in [0.1, 0.15) is 18.3 Å². The van der Waals surface area contributed by atoms with Crippen LogP contribution in [0.1, 0.15) is 25.7 Å². The van der Waals surface area contributed by atoms with Gasteiger partial charge in [-0.15, -0.1) is 0 Å². The molecule has 2 heterocycles. The van der Waals surface area contributed by atoms with Crippen LogP contribution in [-0.2, 0) is 18.9 Å². The van der Waals surface area contributed by atoms with Crippen LogP contribution in [0.3, 0.4) is 0 Å². The van der Waals surface area contributed by atoms with Crippen LogP contribution in [0.15, 0.2) is 0 Å². The van der Waals surface area contributed by atoms with Crippen molar-refractivity contribution in [3.63, 3.8) is 0 Å². The summed E-state index contributed by atoms with van der Waals surface area (Å²) in [5.74, 6) is -1.12. The van der Waals surface area contributed by atoms with E-state index in [1.54, 1.807) is 0 Å². The summed E-state index contributed by atoms with van der Waals surface area (Å²) in [6, 6.07) is -3.11. The molecule has 41 heavy (non-hydrogen) atoms. The van der Waals surface area contributed by atoms with Crippen molar-refractivity contribution in [3.05, 3.63) is 0 Å². The second-order valence-corrected chi connectivity index (χ2v) is 12.2. The molecule has 19 N–H and O–H groups in total. The van der Waals surface area contributed by atoms with Crippen molar-refractivity contribution in [2.45, 2.75) is 123 Å². The van der Waals surface area contributed by atoms with E-state index in [9.17, 15) is 25.5 Å². The van der Waals surface area contributed by atoms with Crippen molar-refractivity contribution in [3.8, 4) is 0 Å². The van der Waals surface area contributed by atoms with E-state index in [-0.39, 0.29) is 32.0 Å². The van der Waals surface area contributed by atoms with Crippen LogP contribution in [0.25, 0.3) is 0 Å². The predicted molar refractivity (Wildman–Crippen MR) is 145 cm³/mol. The van der Waals surface area contributed by atoms with Gasteiger partial charge in [0.2, 0.25) is 0 Å². The van der Waals surface area contributed by atoms with E-state index in [1.165, 1.54) is 0 Å². The second kappa shape index (κ2) is 14.0. The Bertz CT molecular complexity index is 836. The van der Waals surface area contributed by atoms with Crippen molar-refractivity contribution in [2.24, 2.45) is 52.0 Å². The molecular formula is C25H51N7O9. The molecule has 0 amide bonds. The smallest absolute Gasteiger partial charge is 0.187 e. The second-order valence-electron chi connectivity index (χ2n) is 12.2. The van der Waals surface area contributed by atoms with E-state index in [2.05, 4.69) is 0 Å². The highest BCUT2D eigenvalue weighted by Crippen LogP contribution is 2.38. The molecule has 2 aliphatic carbocycles. The Morgan fingerprint density at radius 3 is 2.12 bits per heavy atom. The van der Waals surface area contributed by atoms with E-state index < -0.39 is 110 Å². The van der Waals surface area contributed by atoms with Gasteiger partial charge in [-0.2, -0.15) is 0 Å². The van der Waals surface area contributed by atoms with Gasteiger partial charge in [-0.3, -0.25) is 0 Å². The van der Waals surface area contributed by atoms with Crippen molar-refractivity contribution in [1.29, 1.82) is 0 Å². The fourth-order valence-corrected chi connectivity index (χ4v) is 6.85. The number of aliphatic hydroxyl groups excluding tert-OH is 5. The molecule has 2 aliphatic heterocycles. The molecule has 16 nitrogen and oxygen atoms in total. The highest BCUT2D eigenvalue weighted by molar-refractivity contribution is 5.05. The average molecular weight is 594 g/mol. The highest BCUT2D eigenvalue weighted by atomic mass is 16.7. The van der Waals surface area contributed by atoms with Crippen LogP contribution in [0.4, 0.5) is 0 Å². The van der Waals surface area contributed by atoms with Crippen LogP contribution in [-0.4, -0.2) is 143 Å². The Kier molecular flexibility index (Phi) is 11.3. The lowest BCUT2D eigenvalue weighted by Gasteiger charge is -2.50. The minimum Gasteiger partial charge on any atom is -0.394 e. The van der Waals surface area contributed by atoms with E-state index in [0.29, 0.717) is 12.8 Å². The maximum atomic E-state index is 11.3. The van der Waals surface area contributed by atoms with Gasteiger partial charge >= 0.3 is 0 Å². The minimum atomic E-state index is -1.43. The molecule has 0 aromatic rings. The minimum absolute atomic E-state index is 0.0908. The third-order valence-electron chi connectivity index (χ3n) is 9.45. The van der Waals surface area contributed by atoms with Crippen LogP contribution in [0.2, 0.25) is 0 Å². The van der Waals surface area contributed by atoms with Gasteiger partial charge in [0.15, 0.2) is 6.29 Å². The summed E-state index contributed by atoms with van der Waals surface area (Å²) in [5, 5.41) is 53.1. The molecule has 240 valence electrons. The average Bonchev–Trinajstić information content (AvgIpc) is 3.25. The molecule has 0 spiro atoms. The molecule has 0 bridgehead atoms. The third-order valence-corrected chi connectivity index (χ3v) is 9.45. The maximum absolute atomic E-state index is 11.3. The monoisotopic (exact) mass is 593 g/mol. The van der Waals surface area contributed by atoms with E-state index in [0.717, 1.165) is 0 Å². The lowest BCUT2D eigenvalue weighted by Crippen LogP contribution is -2.67. The van der Waals surface area contributed by atoms with Crippen LogP contribution in [0.5, 0.6) is 0 Å². The van der Waals surface area contributed by atoms with Crippen LogP contribution < -0.4 is 40.1 Å². The fraction of sp³-hybridized carbons (Fsp3) is 1.00. The summed E-state index contributed by atoms with van der Waals surface area (Å²) in [6.45, 7) is -0.219. The molecule has 0 aromatic heterocycles. The van der Waals surface area contributed by atoms with E-state index >= 15 is 0 Å². The quantitative estimate of drug-likeness (QED) is 0.118. The van der Waals surface area contributed by atoms with Gasteiger partial charge < -0.3 is 84.6 Å². The molecule has 2 saturated heterocycles. The van der Waals surface area contributed by atoms with Crippen molar-refractivity contribution in [1.82, 2.24) is 0 Å². The summed E-state index contributed by atoms with van der Waals surface area (Å²) in [4.78, 5) is 0. The summed E-state index contributed by atoms with van der Waals surface area (Å²) in [5.41, 5.74) is 43.0. The van der Waals surface area contributed by atoms with E-state index in [4.69, 9.17) is 59.1 Å². The lowest BCUT2D eigenvalue weighted by atomic mass is 9.72. The van der Waals surface area contributed by atoms with E-state index in [1.807, 2.05) is 0 Å². The standard InChI is InChI=1S/C25H51N7O9/c26-5-8-3-14(17(32)20(36)18(8)34)39-23-15(7-33)40-25(21(23)37)41-24-16(10(29)4-11(30)19(24)35)22-9(28)1-2-13(38-22)12(31)6-27/h8-25,33-37H,1-7,26-32H2/t8-,9+,10-,11+,12-,13-,14-,15+,16?,17-,18+,19-,20+,21+,22-,23+,24-,25-/m0/s1. The molecular weight excluding hydrogens is 542 g/mol. The maximum Gasteiger partial charge on any atom is 0.187 e. The first kappa shape index (κ1) is 33.3. The summed E-state index contributed by atoms with van der Waals surface area (Å²) in [6.07, 6.45) is -9.66. The Balaban J connectivity index is 1.52. The first-order valence-electron chi connectivity index (χ1n) is 14.6. The normalized spacial score (nSPS) is 52.0. The van der Waals surface area contributed by atoms with Gasteiger partial charge in [-0.05, 0) is 32.2 Å². The Morgan fingerprint density at radius 1 is 0.780 bits per heavy atom. The highest BCUT2D eigenvalue weighted by Gasteiger charge is 2.54. The SMILES string of the molecule is NC[C@@H]1C[C@H](O[C@H]2[C@@H](O)[C@H](O[C@H]3C([C@H]4O[C@H]([C@@H](N)CN)CC[C@H]4N)[C@@H](N)C[C@@H](N)[C@@H]3O)O[C@@H]2CO)[C@H](N)[C@@H](O)[C@@H]1O. The van der Waals surface area contributed by atoms with Gasteiger partial charge in [-0.1, -0.05) is 0 Å². The molecule has 4 aliphatic rings. The first-order valence-corrected chi connectivity index (χ1v) is 14.6. The van der Waals surface area contributed by atoms with Gasteiger partial charge in [0.05, 0.1) is 55.4 Å². The molecule has 2 saturated carbocycles. The summed E-state index contributed by atoms with van der Waals surface area (Å²) >= 11 is 0. The van der Waals surface area contributed by atoms with Crippen LogP contribution in [0, 0.1) is 11.8 Å². The zero-order chi connectivity index (χ0) is 30.2. The van der Waals surface area contributed by atoms with Gasteiger partial charge in [0, 0.05) is 42.5 Å². The number of nitrogens with two attached hydrogens (primary N) is 7. The Hall–Kier alpha value is -0.640. The largest absolute Gasteiger partial charge is 0.394 e. The van der Waals surface area contributed by atoms with Crippen molar-refractivity contribution >= 4 is 0 Å². The molecule has 4 fully saturated rings. The molecule has 18 atom stereocenters. The Labute approximate surface area is 239 Å². The van der Waals surface area contributed by atoms with Crippen molar-refractivity contribution in [2.75, 3.05) is 19.7 Å². The number of ether oxygens (including phenoxy) is 4. The van der Waals surface area contributed by atoms with Gasteiger partial charge in [-0.25, -0.2) is 0 Å². The van der Waals surface area contributed by atoms with Crippen molar-refractivity contribution < 1.29 is 44.5 Å². The molecule has 0 radical (unpaired) electrons. The predicted octanol–water partition coefficient (Wildman–Crippen LogP) is -6.57. The molecule has 16 heteroatoms. The topological polar surface area (TPSA) is 320 Å². The number of hydrogen-bond acceptors (Lipinski definition) is 16. The molecule has 1 unspecified atom stereocenters. The molecule has 4 rings (SSSR count). The zero-order valence-corrected chi connectivity index (χ0v) is 23.3. The number of rotatable bonds is 9.